The van der Waals surface area contributed by atoms with Gasteiger partial charge in [-0.3, -0.25) is 14.5 Å². The van der Waals surface area contributed by atoms with Gasteiger partial charge in [-0.15, -0.1) is 0 Å². The van der Waals surface area contributed by atoms with Gasteiger partial charge in [0, 0.05) is 44.1 Å². The molecule has 140 valence electrons. The number of Topliss-reactive ketones (excluding diaryl/α,β-unsaturated/α-hetero) is 1. The number of fused-ring (bicyclic) bond motifs is 2. The van der Waals surface area contributed by atoms with Crippen LogP contribution in [0, 0.1) is 0 Å². The minimum absolute atomic E-state index is 0.115. The van der Waals surface area contributed by atoms with Crippen molar-refractivity contribution < 1.29 is 9.59 Å². The molecule has 2 saturated heterocycles. The molecule has 4 nitrogen and oxygen atoms in total. The maximum absolute atomic E-state index is 12.7. The number of hydrogen-bond donors (Lipinski definition) is 0. The molecule has 0 radical (unpaired) electrons. The summed E-state index contributed by atoms with van der Waals surface area (Å²) in [6.07, 6.45) is 8.89. The van der Waals surface area contributed by atoms with E-state index in [1.165, 1.54) is 43.4 Å². The zero-order valence-corrected chi connectivity index (χ0v) is 15.7. The summed E-state index contributed by atoms with van der Waals surface area (Å²) in [5.74, 6) is 0.272. The fourth-order valence-corrected chi connectivity index (χ4v) is 4.86. The number of nitrogens with zero attached hydrogens (tertiary/aromatic N) is 2. The van der Waals surface area contributed by atoms with Crippen molar-refractivity contribution in [3.8, 4) is 0 Å². The highest BCUT2D eigenvalue weighted by molar-refractivity contribution is 5.98. The molecule has 0 N–H and O–H groups in total. The van der Waals surface area contributed by atoms with Crippen LogP contribution in [0.2, 0.25) is 0 Å². The van der Waals surface area contributed by atoms with E-state index in [4.69, 9.17) is 0 Å². The summed E-state index contributed by atoms with van der Waals surface area (Å²) in [4.78, 5) is 29.8. The van der Waals surface area contributed by atoms with Crippen LogP contribution in [0.3, 0.4) is 0 Å². The Morgan fingerprint density at radius 3 is 2.62 bits per heavy atom. The van der Waals surface area contributed by atoms with E-state index < -0.39 is 0 Å². The minimum atomic E-state index is 0.115. The normalized spacial score (nSPS) is 23.2. The lowest BCUT2D eigenvalue weighted by molar-refractivity contribution is -0.131. The molecule has 1 atom stereocenters. The molecule has 1 aromatic rings. The maximum atomic E-state index is 12.7. The Kier molecular flexibility index (Phi) is 5.39. The largest absolute Gasteiger partial charge is 0.341 e. The molecule has 0 bridgehead atoms. The molecule has 1 aromatic carbocycles. The van der Waals surface area contributed by atoms with Crippen LogP contribution in [0.15, 0.2) is 18.2 Å². The monoisotopic (exact) mass is 354 g/mol. The quantitative estimate of drug-likeness (QED) is 0.780. The summed E-state index contributed by atoms with van der Waals surface area (Å²) in [5, 5.41) is 0. The van der Waals surface area contributed by atoms with Crippen LogP contribution in [-0.2, 0) is 17.6 Å². The van der Waals surface area contributed by atoms with Crippen LogP contribution in [0.25, 0.3) is 0 Å². The second-order valence-corrected chi connectivity index (χ2v) is 8.14. The van der Waals surface area contributed by atoms with Crippen LogP contribution in [0.5, 0.6) is 0 Å². The first-order chi connectivity index (χ1) is 12.7. The van der Waals surface area contributed by atoms with Gasteiger partial charge in [0.2, 0.25) is 5.91 Å². The highest BCUT2D eigenvalue weighted by Gasteiger charge is 2.30. The summed E-state index contributed by atoms with van der Waals surface area (Å²) in [6, 6.07) is 6.69. The number of ketones is 1. The molecule has 1 aliphatic carbocycles. The van der Waals surface area contributed by atoms with Gasteiger partial charge in [0.05, 0.1) is 0 Å². The van der Waals surface area contributed by atoms with Gasteiger partial charge in [0.25, 0.3) is 0 Å². The van der Waals surface area contributed by atoms with Gasteiger partial charge in [-0.2, -0.15) is 0 Å². The number of amides is 1. The van der Waals surface area contributed by atoms with Crippen molar-refractivity contribution in [3.05, 3.63) is 34.9 Å². The number of aryl methyl sites for hydroxylation is 2. The summed E-state index contributed by atoms with van der Waals surface area (Å²) in [6.45, 7) is 4.00. The van der Waals surface area contributed by atoms with E-state index in [1.54, 1.807) is 0 Å². The van der Waals surface area contributed by atoms with Crippen molar-refractivity contribution in [1.29, 1.82) is 0 Å². The van der Waals surface area contributed by atoms with Crippen molar-refractivity contribution in [2.75, 3.05) is 26.2 Å². The average molecular weight is 354 g/mol. The molecule has 0 saturated carbocycles. The average Bonchev–Trinajstić information content (AvgIpc) is 3.02. The Morgan fingerprint density at radius 2 is 1.73 bits per heavy atom. The second kappa shape index (κ2) is 7.91. The third kappa shape index (κ3) is 3.85. The maximum Gasteiger partial charge on any atom is 0.223 e. The van der Waals surface area contributed by atoms with Gasteiger partial charge in [-0.05, 0) is 68.7 Å². The first-order valence-electron chi connectivity index (χ1n) is 10.4. The van der Waals surface area contributed by atoms with Gasteiger partial charge in [-0.25, -0.2) is 0 Å². The van der Waals surface area contributed by atoms with Crippen molar-refractivity contribution in [1.82, 2.24) is 9.80 Å². The molecule has 2 heterocycles. The van der Waals surface area contributed by atoms with Crippen molar-refractivity contribution in [2.45, 2.75) is 63.8 Å². The molecule has 26 heavy (non-hydrogen) atoms. The first-order valence-corrected chi connectivity index (χ1v) is 10.4. The Morgan fingerprint density at radius 1 is 0.923 bits per heavy atom. The molecule has 0 spiro atoms. The van der Waals surface area contributed by atoms with E-state index in [0.29, 0.717) is 18.9 Å². The molecule has 0 aromatic heterocycles. The van der Waals surface area contributed by atoms with Gasteiger partial charge in [0.1, 0.15) is 0 Å². The fraction of sp³-hybridized carbons (Fsp3) is 0.636. The highest BCUT2D eigenvalue weighted by Crippen LogP contribution is 2.24. The van der Waals surface area contributed by atoms with Crippen LogP contribution in [-0.4, -0.2) is 53.7 Å². The number of carbonyl (C=O) groups excluding carboxylic acids is 2. The minimum Gasteiger partial charge on any atom is -0.341 e. The van der Waals surface area contributed by atoms with Crippen molar-refractivity contribution in [3.63, 3.8) is 0 Å². The number of hydrogen-bond acceptors (Lipinski definition) is 3. The smallest absolute Gasteiger partial charge is 0.223 e. The summed E-state index contributed by atoms with van der Waals surface area (Å²) in [5.41, 5.74) is 3.52. The molecule has 2 fully saturated rings. The lowest BCUT2D eigenvalue weighted by Crippen LogP contribution is -2.39. The molecular formula is C22H30N2O2. The summed E-state index contributed by atoms with van der Waals surface area (Å²) >= 11 is 0. The zero-order valence-electron chi connectivity index (χ0n) is 15.7. The number of rotatable bonds is 4. The molecule has 0 unspecified atom stereocenters. The van der Waals surface area contributed by atoms with Crippen molar-refractivity contribution in [2.24, 2.45) is 0 Å². The van der Waals surface area contributed by atoms with Crippen LogP contribution < -0.4 is 0 Å². The number of carbonyl (C=O) groups is 2. The van der Waals surface area contributed by atoms with Crippen LogP contribution in [0.1, 0.15) is 66.4 Å². The molecule has 1 amide bonds. The van der Waals surface area contributed by atoms with E-state index in [1.807, 2.05) is 11.0 Å². The highest BCUT2D eigenvalue weighted by atomic mass is 16.2. The van der Waals surface area contributed by atoms with E-state index >= 15 is 0 Å². The van der Waals surface area contributed by atoms with Gasteiger partial charge >= 0.3 is 0 Å². The Labute approximate surface area is 156 Å². The predicted octanol–water partition coefficient (Wildman–Crippen LogP) is 3.23. The van der Waals surface area contributed by atoms with Gasteiger partial charge < -0.3 is 4.90 Å². The molecule has 3 aliphatic rings. The standard InChI is InChI=1S/C22H30N2O2/c25-21(19-9-8-17-5-1-2-6-18(17)15-19)10-11-22(26)24-14-4-13-23-12-3-7-20(23)16-24/h8-9,15,20H,1-7,10-14,16H2/t20-/m1/s1. The summed E-state index contributed by atoms with van der Waals surface area (Å²) < 4.78 is 0. The molecule has 4 rings (SSSR count). The Balaban J connectivity index is 1.33. The fourth-order valence-electron chi connectivity index (χ4n) is 4.86. The third-order valence-corrected chi connectivity index (χ3v) is 6.39. The van der Waals surface area contributed by atoms with Crippen molar-refractivity contribution >= 4 is 11.7 Å². The zero-order chi connectivity index (χ0) is 17.9. The first kappa shape index (κ1) is 17.7. The van der Waals surface area contributed by atoms with Crippen LogP contribution >= 0.6 is 0 Å². The van der Waals surface area contributed by atoms with E-state index in [0.717, 1.165) is 44.5 Å². The van der Waals surface area contributed by atoms with Gasteiger partial charge in [-0.1, -0.05) is 12.1 Å². The lowest BCUT2D eigenvalue weighted by atomic mass is 9.89. The van der Waals surface area contributed by atoms with Gasteiger partial charge in [0.15, 0.2) is 5.78 Å². The van der Waals surface area contributed by atoms with E-state index in [2.05, 4.69) is 17.0 Å². The molecular weight excluding hydrogens is 324 g/mol. The molecule has 2 aliphatic heterocycles. The Hall–Kier alpha value is -1.68. The topological polar surface area (TPSA) is 40.6 Å². The lowest BCUT2D eigenvalue weighted by Gasteiger charge is -2.25. The SMILES string of the molecule is O=C(CCC(=O)N1CCCN2CCC[C@@H]2C1)c1ccc2c(c1)CCCC2. The van der Waals surface area contributed by atoms with E-state index in [9.17, 15) is 9.59 Å². The van der Waals surface area contributed by atoms with Crippen LogP contribution in [0.4, 0.5) is 0 Å². The Bertz CT molecular complexity index is 685. The second-order valence-electron chi connectivity index (χ2n) is 8.14. The summed E-state index contributed by atoms with van der Waals surface area (Å²) in [7, 11) is 0. The third-order valence-electron chi connectivity index (χ3n) is 6.39. The predicted molar refractivity (Wildman–Crippen MR) is 102 cm³/mol. The van der Waals surface area contributed by atoms with E-state index in [-0.39, 0.29) is 11.7 Å². The molecule has 4 heteroatoms. The number of benzene rings is 1.